The van der Waals surface area contributed by atoms with Gasteiger partial charge in [-0.05, 0) is 41.9 Å². The summed E-state index contributed by atoms with van der Waals surface area (Å²) in [5, 5.41) is 10.5. The number of rotatable bonds is 12. The van der Waals surface area contributed by atoms with E-state index < -0.39 is 0 Å². The van der Waals surface area contributed by atoms with Crippen molar-refractivity contribution in [1.29, 1.82) is 0 Å². The van der Waals surface area contributed by atoms with Crippen LogP contribution in [0.2, 0.25) is 0 Å². The molecule has 2 atom stereocenters. The molecule has 180 valence electrons. The third-order valence-electron chi connectivity index (χ3n) is 7.10. The molecule has 33 heavy (non-hydrogen) atoms. The van der Waals surface area contributed by atoms with E-state index in [0.29, 0.717) is 6.61 Å². The molecule has 0 saturated carbocycles. The molecule has 0 aliphatic carbocycles. The Morgan fingerprint density at radius 1 is 1.12 bits per heavy atom. The predicted octanol–water partition coefficient (Wildman–Crippen LogP) is 7.20. The number of hydrogen-bond donors (Lipinski definition) is 1. The number of hydrogen-bond acceptors (Lipinski definition) is 3. The largest absolute Gasteiger partial charge is 0.489 e. The molecular formula is C30H43NO2. The number of nitrogens with zero attached hydrogens (tertiary/aromatic N) is 1. The van der Waals surface area contributed by atoms with Crippen molar-refractivity contribution in [2.45, 2.75) is 89.9 Å². The maximum atomic E-state index is 10.5. The van der Waals surface area contributed by atoms with Gasteiger partial charge in [-0.3, -0.25) is 4.90 Å². The second-order valence-electron chi connectivity index (χ2n) is 10.2. The molecule has 0 bridgehead atoms. The van der Waals surface area contributed by atoms with Gasteiger partial charge in [-0.2, -0.15) is 0 Å². The van der Waals surface area contributed by atoms with E-state index in [-0.39, 0.29) is 17.6 Å². The Bertz CT molecular complexity index is 861. The molecule has 0 spiro atoms. The minimum absolute atomic E-state index is 0.101. The van der Waals surface area contributed by atoms with E-state index in [1.165, 1.54) is 48.8 Å². The lowest BCUT2D eigenvalue weighted by Crippen LogP contribution is -2.39. The monoisotopic (exact) mass is 449 g/mol. The Morgan fingerprint density at radius 2 is 1.91 bits per heavy atom. The van der Waals surface area contributed by atoms with Crippen molar-refractivity contribution < 1.29 is 9.84 Å². The van der Waals surface area contributed by atoms with E-state index in [1.807, 2.05) is 12.1 Å². The van der Waals surface area contributed by atoms with Crippen molar-refractivity contribution in [3.8, 4) is 5.75 Å². The molecule has 1 saturated heterocycles. The summed E-state index contributed by atoms with van der Waals surface area (Å²) >= 11 is 0. The zero-order valence-electron chi connectivity index (χ0n) is 20.9. The smallest absolute Gasteiger partial charge is 0.124 e. The van der Waals surface area contributed by atoms with E-state index in [4.69, 9.17) is 4.74 Å². The van der Waals surface area contributed by atoms with Crippen LogP contribution in [0.25, 0.3) is 0 Å². The lowest BCUT2D eigenvalue weighted by Gasteiger charge is -2.38. The lowest BCUT2D eigenvalue weighted by atomic mass is 9.79. The highest BCUT2D eigenvalue weighted by molar-refractivity contribution is 5.43. The number of benzene rings is 2. The third kappa shape index (κ3) is 7.19. The summed E-state index contributed by atoms with van der Waals surface area (Å²) in [7, 11) is 0. The number of ether oxygens (including phenoxy) is 1. The van der Waals surface area contributed by atoms with Crippen molar-refractivity contribution in [2.75, 3.05) is 13.1 Å². The van der Waals surface area contributed by atoms with Gasteiger partial charge >= 0.3 is 0 Å². The highest BCUT2D eigenvalue weighted by atomic mass is 16.5. The molecule has 0 amide bonds. The minimum atomic E-state index is -0.271. The molecular weight excluding hydrogens is 406 g/mol. The predicted molar refractivity (Wildman–Crippen MR) is 139 cm³/mol. The number of unbranched alkanes of at least 4 members (excludes halogenated alkanes) is 3. The van der Waals surface area contributed by atoms with E-state index in [2.05, 4.69) is 74.7 Å². The molecule has 0 radical (unpaired) electrons. The van der Waals surface area contributed by atoms with Gasteiger partial charge in [-0.15, -0.1) is 6.58 Å². The van der Waals surface area contributed by atoms with Crippen molar-refractivity contribution in [3.05, 3.63) is 77.9 Å². The van der Waals surface area contributed by atoms with Crippen LogP contribution in [-0.4, -0.2) is 29.2 Å². The first-order chi connectivity index (χ1) is 15.9. The van der Waals surface area contributed by atoms with E-state index in [0.717, 1.165) is 31.7 Å². The number of aliphatic hydroxyl groups is 1. The maximum absolute atomic E-state index is 10.5. The van der Waals surface area contributed by atoms with Gasteiger partial charge in [-0.25, -0.2) is 0 Å². The van der Waals surface area contributed by atoms with E-state index in [1.54, 1.807) is 0 Å². The molecule has 0 aromatic heterocycles. The van der Waals surface area contributed by atoms with E-state index >= 15 is 0 Å². The maximum Gasteiger partial charge on any atom is 0.124 e. The number of likely N-dealkylation sites (tertiary alicyclic amines) is 1. The zero-order chi connectivity index (χ0) is 23.7. The van der Waals surface area contributed by atoms with Crippen molar-refractivity contribution >= 4 is 0 Å². The molecule has 1 aliphatic heterocycles. The molecule has 3 heteroatoms. The van der Waals surface area contributed by atoms with Gasteiger partial charge in [0, 0.05) is 24.7 Å². The highest BCUT2D eigenvalue weighted by Gasteiger charge is 2.31. The van der Waals surface area contributed by atoms with Crippen LogP contribution in [0.1, 0.15) is 88.4 Å². The van der Waals surface area contributed by atoms with Crippen LogP contribution < -0.4 is 4.74 Å². The first kappa shape index (κ1) is 25.5. The van der Waals surface area contributed by atoms with Gasteiger partial charge in [-0.1, -0.05) is 95.0 Å². The minimum Gasteiger partial charge on any atom is -0.489 e. The highest BCUT2D eigenvalue weighted by Crippen LogP contribution is 2.40. The molecule has 3 nitrogen and oxygen atoms in total. The summed E-state index contributed by atoms with van der Waals surface area (Å²) in [5.41, 5.74) is 3.78. The van der Waals surface area contributed by atoms with Crippen LogP contribution >= 0.6 is 0 Å². The topological polar surface area (TPSA) is 32.7 Å². The average molecular weight is 450 g/mol. The van der Waals surface area contributed by atoms with Crippen LogP contribution in [0.5, 0.6) is 5.75 Å². The molecule has 2 unspecified atom stereocenters. The average Bonchev–Trinajstić information content (AvgIpc) is 2.82. The summed E-state index contributed by atoms with van der Waals surface area (Å²) < 4.78 is 6.48. The number of piperidine rings is 1. The first-order valence-electron chi connectivity index (χ1n) is 12.8. The zero-order valence-corrected chi connectivity index (χ0v) is 20.9. The molecule has 2 aromatic rings. The van der Waals surface area contributed by atoms with Crippen LogP contribution in [0.3, 0.4) is 0 Å². The first-order valence-corrected chi connectivity index (χ1v) is 12.8. The van der Waals surface area contributed by atoms with Gasteiger partial charge in [0.1, 0.15) is 12.4 Å². The second-order valence-corrected chi connectivity index (χ2v) is 10.2. The Labute approximate surface area is 201 Å². The Kier molecular flexibility index (Phi) is 9.58. The van der Waals surface area contributed by atoms with Crippen molar-refractivity contribution in [3.63, 3.8) is 0 Å². The van der Waals surface area contributed by atoms with Gasteiger partial charge < -0.3 is 9.84 Å². The molecule has 1 fully saturated rings. The summed E-state index contributed by atoms with van der Waals surface area (Å²) in [5.74, 6) is 0.950. The van der Waals surface area contributed by atoms with Gasteiger partial charge in [0.15, 0.2) is 0 Å². The van der Waals surface area contributed by atoms with Crippen LogP contribution in [0.4, 0.5) is 0 Å². The standard InChI is InChI=1S/C30H43NO2/c1-5-7-8-12-18-30(3,4)25-15-16-27(28-22-26(32)17-20-31(28)19-6-2)29(21-25)33-23-24-13-10-9-11-14-24/h6,9-11,13-16,21,26,28,32H,2,5,7-8,12,17-20,22-23H2,1,3-4H3. The van der Waals surface area contributed by atoms with Gasteiger partial charge in [0.05, 0.1) is 6.10 Å². The Morgan fingerprint density at radius 3 is 2.64 bits per heavy atom. The molecule has 1 aliphatic rings. The Hall–Kier alpha value is -2.10. The van der Waals surface area contributed by atoms with Crippen LogP contribution in [-0.2, 0) is 12.0 Å². The van der Waals surface area contributed by atoms with E-state index in [9.17, 15) is 5.11 Å². The second kappa shape index (κ2) is 12.4. The summed E-state index contributed by atoms with van der Waals surface area (Å²) in [6.45, 7) is 13.2. The molecule has 1 N–H and O–H groups in total. The normalized spacial score (nSPS) is 19.4. The molecule has 1 heterocycles. The quantitative estimate of drug-likeness (QED) is 0.275. The molecule has 2 aromatic carbocycles. The van der Waals surface area contributed by atoms with Gasteiger partial charge in [0.2, 0.25) is 0 Å². The fourth-order valence-electron chi connectivity index (χ4n) is 4.93. The fourth-order valence-corrected chi connectivity index (χ4v) is 4.93. The number of aliphatic hydroxyl groups excluding tert-OH is 1. The third-order valence-corrected chi connectivity index (χ3v) is 7.10. The SMILES string of the molecule is C=CCN1CCC(O)CC1c1ccc(C(C)(C)CCCCCC)cc1OCc1ccccc1. The lowest BCUT2D eigenvalue weighted by molar-refractivity contribution is 0.0460. The van der Waals surface area contributed by atoms with Crippen LogP contribution in [0.15, 0.2) is 61.2 Å². The van der Waals surface area contributed by atoms with Gasteiger partial charge in [0.25, 0.3) is 0 Å². The Balaban J connectivity index is 1.89. The summed E-state index contributed by atoms with van der Waals surface area (Å²) in [6.07, 6.45) is 9.54. The summed E-state index contributed by atoms with van der Waals surface area (Å²) in [6, 6.07) is 17.3. The molecule has 3 rings (SSSR count). The van der Waals surface area contributed by atoms with Crippen LogP contribution in [0, 0.1) is 0 Å². The van der Waals surface area contributed by atoms with Crippen molar-refractivity contribution in [2.24, 2.45) is 0 Å². The fraction of sp³-hybridized carbons (Fsp3) is 0.533. The summed E-state index contributed by atoms with van der Waals surface area (Å²) in [4.78, 5) is 2.42. The van der Waals surface area contributed by atoms with Crippen molar-refractivity contribution in [1.82, 2.24) is 4.90 Å².